The van der Waals surface area contributed by atoms with E-state index in [1.165, 1.54) is 0 Å². The van der Waals surface area contributed by atoms with Crippen molar-refractivity contribution < 1.29 is 4.79 Å². The summed E-state index contributed by atoms with van der Waals surface area (Å²) in [5.74, 6) is -0.499. The summed E-state index contributed by atoms with van der Waals surface area (Å²) in [6.45, 7) is 0. The van der Waals surface area contributed by atoms with Crippen LogP contribution in [-0.2, 0) is 4.79 Å². The van der Waals surface area contributed by atoms with Gasteiger partial charge in [-0.15, -0.1) is 0 Å². The molecule has 0 bridgehead atoms. The summed E-state index contributed by atoms with van der Waals surface area (Å²) in [7, 11) is 0. The van der Waals surface area contributed by atoms with Crippen LogP contribution in [0.2, 0.25) is 0 Å². The van der Waals surface area contributed by atoms with Gasteiger partial charge >= 0.3 is 0 Å². The smallest absolute Gasteiger partial charge is 0.221 e. The lowest BCUT2D eigenvalue weighted by Crippen LogP contribution is -2.39. The lowest BCUT2D eigenvalue weighted by atomic mass is 9.78. The molecule has 0 aromatic heterocycles. The van der Waals surface area contributed by atoms with E-state index in [0.717, 1.165) is 25.7 Å². The first kappa shape index (κ1) is 9.03. The number of hydrogen-bond donors (Lipinski definition) is 3. The van der Waals surface area contributed by atoms with E-state index in [9.17, 15) is 4.79 Å². The van der Waals surface area contributed by atoms with E-state index in [0.29, 0.717) is 0 Å². The van der Waals surface area contributed by atoms with Crippen LogP contribution >= 0.6 is 0 Å². The minimum absolute atomic E-state index is 0.101. The Morgan fingerprint density at radius 1 is 1.17 bits per heavy atom. The maximum atomic E-state index is 10.9. The van der Waals surface area contributed by atoms with Crippen LogP contribution in [0.25, 0.3) is 0 Å². The number of amidine groups is 1. The van der Waals surface area contributed by atoms with Crippen LogP contribution in [0.15, 0.2) is 0 Å². The number of carbonyl (C=O) groups excluding carboxylic acids is 1. The molecule has 1 rings (SSSR count). The number of hydrogen-bond acceptors (Lipinski definition) is 2. The molecule has 1 aliphatic carbocycles. The van der Waals surface area contributed by atoms with Crippen molar-refractivity contribution in [1.82, 2.24) is 0 Å². The zero-order valence-electron chi connectivity index (χ0n) is 7.05. The van der Waals surface area contributed by atoms with Gasteiger partial charge < -0.3 is 11.5 Å². The van der Waals surface area contributed by atoms with Crippen molar-refractivity contribution in [3.63, 3.8) is 0 Å². The second-order valence-electron chi connectivity index (χ2n) is 3.36. The molecule has 0 heterocycles. The molecular weight excluding hydrogens is 154 g/mol. The molecule has 0 aromatic carbocycles. The molecule has 2 atom stereocenters. The maximum Gasteiger partial charge on any atom is 0.221 e. The summed E-state index contributed by atoms with van der Waals surface area (Å²) < 4.78 is 0. The molecule has 1 fully saturated rings. The van der Waals surface area contributed by atoms with Gasteiger partial charge in [0.2, 0.25) is 5.91 Å². The van der Waals surface area contributed by atoms with Crippen molar-refractivity contribution in [3.8, 4) is 0 Å². The summed E-state index contributed by atoms with van der Waals surface area (Å²) in [6.07, 6.45) is 3.70. The van der Waals surface area contributed by atoms with Gasteiger partial charge in [0.1, 0.15) is 0 Å². The Labute approximate surface area is 71.8 Å². The number of nitrogens with two attached hydrogens (primary N) is 2. The molecule has 1 aliphatic rings. The molecule has 4 nitrogen and oxygen atoms in total. The summed E-state index contributed by atoms with van der Waals surface area (Å²) in [6, 6.07) is 0. The van der Waals surface area contributed by atoms with Crippen LogP contribution in [0.3, 0.4) is 0 Å². The van der Waals surface area contributed by atoms with Gasteiger partial charge in [0.15, 0.2) is 0 Å². The Kier molecular flexibility index (Phi) is 2.68. The van der Waals surface area contributed by atoms with Gasteiger partial charge in [-0.05, 0) is 12.8 Å². The van der Waals surface area contributed by atoms with Crippen LogP contribution in [-0.4, -0.2) is 11.7 Å². The predicted molar refractivity (Wildman–Crippen MR) is 46.6 cm³/mol. The lowest BCUT2D eigenvalue weighted by Gasteiger charge is -2.27. The topological polar surface area (TPSA) is 93.0 Å². The Hall–Kier alpha value is -1.06. The lowest BCUT2D eigenvalue weighted by molar-refractivity contribution is -0.123. The van der Waals surface area contributed by atoms with E-state index in [-0.39, 0.29) is 23.6 Å². The Morgan fingerprint density at radius 3 is 2.00 bits per heavy atom. The fraction of sp³-hybridized carbons (Fsp3) is 0.750. The Balaban J connectivity index is 2.67. The normalized spacial score (nSPS) is 29.7. The van der Waals surface area contributed by atoms with Crippen molar-refractivity contribution >= 4 is 11.7 Å². The summed E-state index contributed by atoms with van der Waals surface area (Å²) in [5.41, 5.74) is 10.6. The highest BCUT2D eigenvalue weighted by Crippen LogP contribution is 2.29. The number of rotatable bonds is 2. The first-order valence-corrected chi connectivity index (χ1v) is 4.26. The minimum atomic E-state index is -0.310. The zero-order chi connectivity index (χ0) is 9.14. The van der Waals surface area contributed by atoms with Crippen LogP contribution in [0.1, 0.15) is 25.7 Å². The van der Waals surface area contributed by atoms with E-state index in [2.05, 4.69) is 0 Å². The molecule has 4 heteroatoms. The molecule has 0 aromatic rings. The predicted octanol–water partition coefficient (Wildman–Crippen LogP) is 0.214. The molecule has 5 N–H and O–H groups in total. The number of carbonyl (C=O) groups is 1. The van der Waals surface area contributed by atoms with Crippen molar-refractivity contribution in [2.45, 2.75) is 25.7 Å². The van der Waals surface area contributed by atoms with Gasteiger partial charge in [-0.3, -0.25) is 10.2 Å². The average Bonchev–Trinajstić information content (AvgIpc) is 2.04. The van der Waals surface area contributed by atoms with Gasteiger partial charge in [-0.2, -0.15) is 0 Å². The number of nitrogens with one attached hydrogen (secondary N) is 1. The van der Waals surface area contributed by atoms with Gasteiger partial charge in [-0.1, -0.05) is 12.8 Å². The van der Waals surface area contributed by atoms with E-state index >= 15 is 0 Å². The molecule has 68 valence electrons. The Bertz CT molecular complexity index is 180. The highest BCUT2D eigenvalue weighted by molar-refractivity contribution is 5.87. The van der Waals surface area contributed by atoms with Crippen LogP contribution in [0.5, 0.6) is 0 Å². The molecule has 1 amide bonds. The minimum Gasteiger partial charge on any atom is -0.387 e. The third kappa shape index (κ3) is 1.75. The first-order chi connectivity index (χ1) is 5.63. The molecule has 0 spiro atoms. The largest absolute Gasteiger partial charge is 0.387 e. The molecular formula is C8H15N3O. The summed E-state index contributed by atoms with van der Waals surface area (Å²) in [4.78, 5) is 10.9. The quantitative estimate of drug-likeness (QED) is 0.407. The van der Waals surface area contributed by atoms with E-state index in [4.69, 9.17) is 16.9 Å². The van der Waals surface area contributed by atoms with Gasteiger partial charge in [0, 0.05) is 11.8 Å². The second-order valence-corrected chi connectivity index (χ2v) is 3.36. The number of amides is 1. The fourth-order valence-electron chi connectivity index (χ4n) is 1.84. The highest BCUT2D eigenvalue weighted by atomic mass is 16.1. The van der Waals surface area contributed by atoms with Crippen molar-refractivity contribution in [2.75, 3.05) is 0 Å². The highest BCUT2D eigenvalue weighted by Gasteiger charge is 2.31. The average molecular weight is 169 g/mol. The van der Waals surface area contributed by atoms with E-state index in [1.54, 1.807) is 0 Å². The van der Waals surface area contributed by atoms with Crippen molar-refractivity contribution in [3.05, 3.63) is 0 Å². The summed E-state index contributed by atoms with van der Waals surface area (Å²) in [5, 5.41) is 7.28. The van der Waals surface area contributed by atoms with E-state index in [1.807, 2.05) is 0 Å². The second kappa shape index (κ2) is 3.56. The number of primary amides is 1. The standard InChI is InChI=1S/C8H15N3O/c9-7(10)5-3-1-2-4-6(5)8(11)12/h5-6H,1-4H2,(H3,9,10)(H2,11,12). The van der Waals surface area contributed by atoms with Crippen LogP contribution in [0, 0.1) is 17.2 Å². The monoisotopic (exact) mass is 169 g/mol. The van der Waals surface area contributed by atoms with E-state index < -0.39 is 0 Å². The summed E-state index contributed by atoms with van der Waals surface area (Å²) >= 11 is 0. The van der Waals surface area contributed by atoms with Crippen molar-refractivity contribution in [2.24, 2.45) is 23.3 Å². The van der Waals surface area contributed by atoms with Crippen molar-refractivity contribution in [1.29, 1.82) is 5.41 Å². The third-order valence-electron chi connectivity index (χ3n) is 2.53. The van der Waals surface area contributed by atoms with Crippen LogP contribution in [0.4, 0.5) is 0 Å². The van der Waals surface area contributed by atoms with Gasteiger partial charge in [0.25, 0.3) is 0 Å². The van der Waals surface area contributed by atoms with Gasteiger partial charge in [0.05, 0.1) is 5.84 Å². The van der Waals surface area contributed by atoms with Gasteiger partial charge in [-0.25, -0.2) is 0 Å². The van der Waals surface area contributed by atoms with Crippen LogP contribution < -0.4 is 11.5 Å². The molecule has 2 unspecified atom stereocenters. The molecule has 1 saturated carbocycles. The molecule has 0 saturated heterocycles. The molecule has 0 aliphatic heterocycles. The first-order valence-electron chi connectivity index (χ1n) is 4.26. The zero-order valence-corrected chi connectivity index (χ0v) is 7.05. The molecule has 12 heavy (non-hydrogen) atoms. The fourth-order valence-corrected chi connectivity index (χ4v) is 1.84. The molecule has 0 radical (unpaired) electrons. The Morgan fingerprint density at radius 2 is 1.67 bits per heavy atom. The maximum absolute atomic E-state index is 10.9. The third-order valence-corrected chi connectivity index (χ3v) is 2.53. The SMILES string of the molecule is N=C(N)C1CCCCC1C(N)=O.